The molecule has 1 aliphatic carbocycles. The molecule has 3 rings (SSSR count). The Balaban J connectivity index is 1.58. The van der Waals surface area contributed by atoms with E-state index >= 15 is 0 Å². The quantitative estimate of drug-likeness (QED) is 0.637. The summed E-state index contributed by atoms with van der Waals surface area (Å²) in [5, 5.41) is 6.06. The van der Waals surface area contributed by atoms with Crippen molar-refractivity contribution in [3.8, 4) is 0 Å². The molecule has 31 heavy (non-hydrogen) atoms. The molecular weight excluding hydrogens is 388 g/mol. The van der Waals surface area contributed by atoms with Crippen molar-refractivity contribution in [3.05, 3.63) is 71.8 Å². The van der Waals surface area contributed by atoms with Gasteiger partial charge in [-0.2, -0.15) is 0 Å². The lowest BCUT2D eigenvalue weighted by atomic mass is 9.69. The molecule has 0 unspecified atom stereocenters. The maximum atomic E-state index is 12.5. The maximum Gasteiger partial charge on any atom is 0.251 e. The van der Waals surface area contributed by atoms with E-state index in [2.05, 4.69) is 47.4 Å². The van der Waals surface area contributed by atoms with Crippen molar-refractivity contribution < 1.29 is 9.59 Å². The lowest BCUT2D eigenvalue weighted by molar-refractivity contribution is -0.122. The van der Waals surface area contributed by atoms with E-state index in [1.165, 1.54) is 5.57 Å². The first-order valence-corrected chi connectivity index (χ1v) is 11.0. The van der Waals surface area contributed by atoms with E-state index in [9.17, 15) is 9.59 Å². The summed E-state index contributed by atoms with van der Waals surface area (Å²) in [7, 11) is 0. The van der Waals surface area contributed by atoms with Crippen molar-refractivity contribution >= 4 is 11.8 Å². The van der Waals surface area contributed by atoms with E-state index in [0.717, 1.165) is 12.1 Å². The first-order valence-electron chi connectivity index (χ1n) is 11.0. The minimum Gasteiger partial charge on any atom is -0.351 e. The number of hydrogen-bond acceptors (Lipinski definition) is 4. The van der Waals surface area contributed by atoms with Crippen molar-refractivity contribution in [2.75, 3.05) is 6.54 Å². The second-order valence-corrected chi connectivity index (χ2v) is 8.66. The SMILES string of the molecule is CC1=C[C@@H](CNC(=O)c2ccncc2)[C@H](C(C)C)C[C@H]1CC(=O)NCc1ccccn1. The molecule has 2 N–H and O–H groups in total. The minimum atomic E-state index is -0.0769. The van der Waals surface area contributed by atoms with Gasteiger partial charge in [0.1, 0.15) is 0 Å². The molecule has 0 radical (unpaired) electrons. The Morgan fingerprint density at radius 1 is 1.10 bits per heavy atom. The number of hydrogen-bond donors (Lipinski definition) is 2. The van der Waals surface area contributed by atoms with E-state index in [0.29, 0.717) is 36.9 Å². The van der Waals surface area contributed by atoms with Crippen LogP contribution in [0.1, 0.15) is 49.7 Å². The number of rotatable bonds is 8. The standard InChI is InChI=1S/C25H32N4O2/c1-17(2)23-13-20(14-24(30)28-16-22-6-4-5-9-27-22)18(3)12-21(23)15-29-25(31)19-7-10-26-11-8-19/h4-12,17,20-21,23H,13-16H2,1-3H3,(H,28,30)(H,29,31)/t20-,21-,23-/m0/s1. The van der Waals surface area contributed by atoms with Gasteiger partial charge in [-0.3, -0.25) is 19.6 Å². The van der Waals surface area contributed by atoms with Crippen molar-refractivity contribution in [2.45, 2.75) is 40.2 Å². The number of aromatic nitrogens is 2. The second-order valence-electron chi connectivity index (χ2n) is 8.66. The van der Waals surface area contributed by atoms with E-state index in [1.54, 1.807) is 30.7 Å². The number of carbonyl (C=O) groups excluding carboxylic acids is 2. The third-order valence-corrected chi connectivity index (χ3v) is 6.15. The van der Waals surface area contributed by atoms with E-state index < -0.39 is 0 Å². The summed E-state index contributed by atoms with van der Waals surface area (Å²) in [5.74, 6) is 1.34. The molecule has 0 spiro atoms. The van der Waals surface area contributed by atoms with Gasteiger partial charge in [0.15, 0.2) is 0 Å². The zero-order valence-corrected chi connectivity index (χ0v) is 18.5. The highest BCUT2D eigenvalue weighted by molar-refractivity contribution is 5.93. The molecular formula is C25H32N4O2. The van der Waals surface area contributed by atoms with Crippen LogP contribution in [-0.2, 0) is 11.3 Å². The number of pyridine rings is 2. The van der Waals surface area contributed by atoms with Gasteiger partial charge in [0.2, 0.25) is 5.91 Å². The summed E-state index contributed by atoms with van der Waals surface area (Å²) >= 11 is 0. The monoisotopic (exact) mass is 420 g/mol. The minimum absolute atomic E-state index is 0.0512. The zero-order chi connectivity index (χ0) is 22.2. The molecule has 2 heterocycles. The Morgan fingerprint density at radius 2 is 1.87 bits per heavy atom. The highest BCUT2D eigenvalue weighted by Gasteiger charge is 2.32. The van der Waals surface area contributed by atoms with Crippen LogP contribution >= 0.6 is 0 Å². The van der Waals surface area contributed by atoms with Crippen LogP contribution < -0.4 is 10.6 Å². The second kappa shape index (κ2) is 10.8. The summed E-state index contributed by atoms with van der Waals surface area (Å²) in [6.07, 6.45) is 8.68. The molecule has 164 valence electrons. The molecule has 0 bridgehead atoms. The first-order chi connectivity index (χ1) is 14.9. The summed E-state index contributed by atoms with van der Waals surface area (Å²) in [6.45, 7) is 7.58. The molecule has 0 saturated heterocycles. The highest BCUT2D eigenvalue weighted by Crippen LogP contribution is 2.38. The van der Waals surface area contributed by atoms with Gasteiger partial charge in [0.25, 0.3) is 5.91 Å². The van der Waals surface area contributed by atoms with Gasteiger partial charge < -0.3 is 10.6 Å². The molecule has 0 fully saturated rings. The van der Waals surface area contributed by atoms with Crippen LogP contribution in [0.25, 0.3) is 0 Å². The fraction of sp³-hybridized carbons (Fsp3) is 0.440. The Morgan fingerprint density at radius 3 is 2.55 bits per heavy atom. The summed E-state index contributed by atoms with van der Waals surface area (Å²) in [5.41, 5.74) is 2.71. The zero-order valence-electron chi connectivity index (χ0n) is 18.5. The van der Waals surface area contributed by atoms with Crippen LogP contribution in [0.3, 0.4) is 0 Å². The first kappa shape index (κ1) is 22.7. The normalized spacial score (nSPS) is 20.8. The van der Waals surface area contributed by atoms with Gasteiger partial charge in [0.05, 0.1) is 12.2 Å². The predicted octanol–water partition coefficient (Wildman–Crippen LogP) is 3.77. The maximum absolute atomic E-state index is 12.5. The lowest BCUT2D eigenvalue weighted by Gasteiger charge is -2.37. The average Bonchev–Trinajstić information content (AvgIpc) is 2.78. The summed E-state index contributed by atoms with van der Waals surface area (Å²) < 4.78 is 0. The predicted molar refractivity (Wildman–Crippen MR) is 121 cm³/mol. The van der Waals surface area contributed by atoms with Crippen LogP contribution in [0.15, 0.2) is 60.6 Å². The van der Waals surface area contributed by atoms with Crippen molar-refractivity contribution in [1.29, 1.82) is 0 Å². The summed E-state index contributed by atoms with van der Waals surface area (Å²) in [4.78, 5) is 33.2. The third-order valence-electron chi connectivity index (χ3n) is 6.15. The van der Waals surface area contributed by atoms with E-state index in [-0.39, 0.29) is 23.7 Å². The van der Waals surface area contributed by atoms with E-state index in [4.69, 9.17) is 0 Å². The molecule has 2 amide bonds. The molecule has 3 atom stereocenters. The fourth-order valence-electron chi connectivity index (χ4n) is 4.31. The average molecular weight is 421 g/mol. The number of allylic oxidation sites excluding steroid dienone is 1. The Bertz CT molecular complexity index is 896. The lowest BCUT2D eigenvalue weighted by Crippen LogP contribution is -2.37. The van der Waals surface area contributed by atoms with Crippen LogP contribution in [0.2, 0.25) is 0 Å². The van der Waals surface area contributed by atoms with Crippen LogP contribution in [-0.4, -0.2) is 28.3 Å². The van der Waals surface area contributed by atoms with Crippen molar-refractivity contribution in [3.63, 3.8) is 0 Å². The van der Waals surface area contributed by atoms with Gasteiger partial charge in [-0.1, -0.05) is 31.6 Å². The van der Waals surface area contributed by atoms with Crippen LogP contribution in [0.4, 0.5) is 0 Å². The number of amides is 2. The van der Waals surface area contributed by atoms with Gasteiger partial charge in [0, 0.05) is 37.1 Å². The highest BCUT2D eigenvalue weighted by atomic mass is 16.2. The van der Waals surface area contributed by atoms with Crippen LogP contribution in [0.5, 0.6) is 0 Å². The topological polar surface area (TPSA) is 84.0 Å². The Kier molecular flexibility index (Phi) is 7.93. The van der Waals surface area contributed by atoms with Gasteiger partial charge >= 0.3 is 0 Å². The molecule has 6 heteroatoms. The third kappa shape index (κ3) is 6.48. The largest absolute Gasteiger partial charge is 0.351 e. The smallest absolute Gasteiger partial charge is 0.251 e. The molecule has 0 saturated carbocycles. The molecule has 2 aromatic heterocycles. The fourth-order valence-corrected chi connectivity index (χ4v) is 4.31. The number of nitrogens with one attached hydrogen (secondary N) is 2. The number of carbonyl (C=O) groups is 2. The van der Waals surface area contributed by atoms with Gasteiger partial charge in [-0.25, -0.2) is 0 Å². The molecule has 1 aliphatic rings. The number of nitrogens with zero attached hydrogens (tertiary/aromatic N) is 2. The Hall–Kier alpha value is -3.02. The molecule has 0 aromatic carbocycles. The van der Waals surface area contributed by atoms with Gasteiger partial charge in [-0.15, -0.1) is 0 Å². The molecule has 0 aliphatic heterocycles. The summed E-state index contributed by atoms with van der Waals surface area (Å²) in [6, 6.07) is 9.13. The van der Waals surface area contributed by atoms with Crippen LogP contribution in [0, 0.1) is 23.7 Å². The van der Waals surface area contributed by atoms with Gasteiger partial charge in [-0.05, 0) is 61.3 Å². The molecule has 6 nitrogen and oxygen atoms in total. The van der Waals surface area contributed by atoms with Crippen molar-refractivity contribution in [2.24, 2.45) is 23.7 Å². The Labute approximate surface area is 184 Å². The molecule has 2 aromatic rings. The van der Waals surface area contributed by atoms with Crippen molar-refractivity contribution in [1.82, 2.24) is 20.6 Å². The van der Waals surface area contributed by atoms with E-state index in [1.807, 2.05) is 18.2 Å².